The monoisotopic (exact) mass is 160 g/mol. The molecule has 0 saturated heterocycles. The van der Waals surface area contributed by atoms with Crippen LogP contribution in [0.25, 0.3) is 0 Å². The molecule has 0 saturated carbocycles. The van der Waals surface area contributed by atoms with E-state index in [1.807, 2.05) is 6.55 Å². The Morgan fingerprint density at radius 3 is 2.70 bits per heavy atom. The Labute approximate surface area is 64.9 Å². The summed E-state index contributed by atoms with van der Waals surface area (Å²) in [7, 11) is -0.517. The Morgan fingerprint density at radius 2 is 2.20 bits per heavy atom. The highest BCUT2D eigenvalue weighted by Crippen LogP contribution is 1.99. The van der Waals surface area contributed by atoms with Gasteiger partial charge in [-0.25, -0.2) is 0 Å². The first-order chi connectivity index (χ1) is 4.81. The third-order valence-corrected chi connectivity index (χ3v) is 1.90. The van der Waals surface area contributed by atoms with Crippen molar-refractivity contribution >= 4 is 15.7 Å². The van der Waals surface area contributed by atoms with E-state index in [-0.39, 0.29) is 5.97 Å². The topological polar surface area (TPSA) is 26.3 Å². The molecule has 0 aliphatic rings. The second-order valence-electron chi connectivity index (χ2n) is 2.26. The molecular formula is C7H16O2Si. The Hall–Kier alpha value is -0.313. The molecule has 0 heterocycles. The van der Waals surface area contributed by atoms with Crippen molar-refractivity contribution in [2.24, 2.45) is 0 Å². The maximum atomic E-state index is 10.7. The van der Waals surface area contributed by atoms with Gasteiger partial charge in [0.25, 0.3) is 5.97 Å². The van der Waals surface area contributed by atoms with Crippen molar-refractivity contribution in [3.8, 4) is 0 Å². The summed E-state index contributed by atoms with van der Waals surface area (Å²) in [5.74, 6) is 0.00242. The molecule has 0 unspecified atom stereocenters. The van der Waals surface area contributed by atoms with E-state index in [1.54, 1.807) is 0 Å². The summed E-state index contributed by atoms with van der Waals surface area (Å²) in [5.41, 5.74) is 0. The molecule has 60 valence electrons. The molecule has 0 aromatic carbocycles. The molecule has 0 aliphatic carbocycles. The first-order valence-corrected chi connectivity index (χ1v) is 5.96. The maximum Gasteiger partial charge on any atom is 0.292 e. The Bertz CT molecular complexity index is 93.6. The molecule has 0 spiro atoms. The van der Waals surface area contributed by atoms with Gasteiger partial charge in [-0.3, -0.25) is 4.79 Å². The molecular weight excluding hydrogens is 144 g/mol. The van der Waals surface area contributed by atoms with Gasteiger partial charge in [-0.05, 0) is 13.0 Å². The summed E-state index contributed by atoms with van der Waals surface area (Å²) < 4.78 is 4.89. The van der Waals surface area contributed by atoms with E-state index in [0.717, 1.165) is 19.3 Å². The van der Waals surface area contributed by atoms with Gasteiger partial charge in [0.2, 0.25) is 9.76 Å². The highest BCUT2D eigenvalue weighted by Gasteiger charge is 1.98. The van der Waals surface area contributed by atoms with Crippen LogP contribution in [0.1, 0.15) is 32.6 Å². The lowest BCUT2D eigenvalue weighted by atomic mass is 10.2. The lowest BCUT2D eigenvalue weighted by Gasteiger charge is -1.99. The zero-order valence-corrected chi connectivity index (χ0v) is 8.27. The lowest BCUT2D eigenvalue weighted by molar-refractivity contribution is -0.134. The third kappa shape index (κ3) is 5.82. The summed E-state index contributed by atoms with van der Waals surface area (Å²) in [4.78, 5) is 10.7. The fourth-order valence-electron chi connectivity index (χ4n) is 0.752. The average molecular weight is 160 g/mol. The van der Waals surface area contributed by atoms with E-state index in [9.17, 15) is 4.79 Å². The number of hydrogen-bond acceptors (Lipinski definition) is 2. The van der Waals surface area contributed by atoms with Crippen LogP contribution in [-0.4, -0.2) is 15.7 Å². The van der Waals surface area contributed by atoms with Crippen LogP contribution in [0, 0.1) is 0 Å². The largest absolute Gasteiger partial charge is 0.525 e. The summed E-state index contributed by atoms with van der Waals surface area (Å²) in [6, 6.07) is 0. The first kappa shape index (κ1) is 9.69. The van der Waals surface area contributed by atoms with Gasteiger partial charge in [-0.2, -0.15) is 0 Å². The zero-order chi connectivity index (χ0) is 7.82. The summed E-state index contributed by atoms with van der Waals surface area (Å²) in [6.45, 7) is 4.09. The molecule has 0 fully saturated rings. The van der Waals surface area contributed by atoms with Crippen LogP contribution in [0.4, 0.5) is 0 Å². The third-order valence-electron chi connectivity index (χ3n) is 1.29. The van der Waals surface area contributed by atoms with Crippen molar-refractivity contribution in [1.82, 2.24) is 0 Å². The zero-order valence-electron chi connectivity index (χ0n) is 6.85. The van der Waals surface area contributed by atoms with Crippen molar-refractivity contribution in [2.75, 3.05) is 0 Å². The van der Waals surface area contributed by atoms with Gasteiger partial charge in [-0.15, -0.1) is 0 Å². The maximum absolute atomic E-state index is 10.7. The minimum absolute atomic E-state index is 0.00242. The van der Waals surface area contributed by atoms with Crippen LogP contribution in [0.15, 0.2) is 0 Å². The minimum atomic E-state index is -0.517. The van der Waals surface area contributed by atoms with E-state index >= 15 is 0 Å². The van der Waals surface area contributed by atoms with Crippen molar-refractivity contribution in [3.05, 3.63) is 0 Å². The number of carbonyl (C=O) groups excluding carboxylic acids is 1. The molecule has 0 rings (SSSR count). The van der Waals surface area contributed by atoms with Crippen LogP contribution in [0.3, 0.4) is 0 Å². The standard InChI is InChI=1S/C7H16O2Si/c1-3-4-5-6-7(8)9-10-2/h3-6,10H2,1-2H3. The van der Waals surface area contributed by atoms with Gasteiger partial charge < -0.3 is 4.43 Å². The predicted octanol–water partition coefficient (Wildman–Crippen LogP) is 1.24. The Kier molecular flexibility index (Phi) is 6.59. The molecule has 2 nitrogen and oxygen atoms in total. The smallest absolute Gasteiger partial charge is 0.292 e. The van der Waals surface area contributed by atoms with Crippen molar-refractivity contribution in [1.29, 1.82) is 0 Å². The summed E-state index contributed by atoms with van der Waals surface area (Å²) in [5, 5.41) is 0. The van der Waals surface area contributed by atoms with Gasteiger partial charge in [0, 0.05) is 6.42 Å². The second kappa shape index (κ2) is 6.80. The van der Waals surface area contributed by atoms with Gasteiger partial charge in [-0.1, -0.05) is 19.8 Å². The average Bonchev–Trinajstić information content (AvgIpc) is 1.89. The summed E-state index contributed by atoms with van der Waals surface area (Å²) in [6.07, 6.45) is 3.91. The van der Waals surface area contributed by atoms with Crippen LogP contribution in [0.2, 0.25) is 6.55 Å². The molecule has 0 atom stereocenters. The molecule has 3 heteroatoms. The molecule has 0 bridgehead atoms. The predicted molar refractivity (Wildman–Crippen MR) is 44.6 cm³/mol. The van der Waals surface area contributed by atoms with Crippen LogP contribution in [-0.2, 0) is 9.22 Å². The number of hydrogen-bond donors (Lipinski definition) is 0. The highest BCUT2D eigenvalue weighted by atomic mass is 28.2. The fourth-order valence-corrected chi connectivity index (χ4v) is 1.22. The second-order valence-corrected chi connectivity index (χ2v) is 3.13. The van der Waals surface area contributed by atoms with Crippen LogP contribution < -0.4 is 0 Å². The van der Waals surface area contributed by atoms with Crippen molar-refractivity contribution in [2.45, 2.75) is 39.2 Å². The highest BCUT2D eigenvalue weighted by molar-refractivity contribution is 6.28. The van der Waals surface area contributed by atoms with Gasteiger partial charge in [0.1, 0.15) is 0 Å². The minimum Gasteiger partial charge on any atom is -0.525 e. The normalized spacial score (nSPS) is 10.6. The summed E-state index contributed by atoms with van der Waals surface area (Å²) >= 11 is 0. The number of unbranched alkanes of at least 4 members (excludes halogenated alkanes) is 2. The van der Waals surface area contributed by atoms with Crippen molar-refractivity contribution in [3.63, 3.8) is 0 Å². The van der Waals surface area contributed by atoms with Crippen LogP contribution >= 0.6 is 0 Å². The van der Waals surface area contributed by atoms with E-state index in [4.69, 9.17) is 4.43 Å². The Morgan fingerprint density at radius 1 is 1.50 bits per heavy atom. The molecule has 0 radical (unpaired) electrons. The van der Waals surface area contributed by atoms with Gasteiger partial charge in [0.05, 0.1) is 0 Å². The number of carbonyl (C=O) groups is 1. The van der Waals surface area contributed by atoms with Crippen LogP contribution in [0.5, 0.6) is 0 Å². The van der Waals surface area contributed by atoms with Crippen molar-refractivity contribution < 1.29 is 9.22 Å². The molecule has 0 N–H and O–H groups in total. The van der Waals surface area contributed by atoms with E-state index in [1.165, 1.54) is 0 Å². The SMILES string of the molecule is CCCCCC(=O)O[SiH2]C. The molecule has 0 aliphatic heterocycles. The molecule has 10 heavy (non-hydrogen) atoms. The molecule has 0 aromatic rings. The van der Waals surface area contributed by atoms with E-state index in [0.29, 0.717) is 6.42 Å². The Balaban J connectivity index is 3.05. The van der Waals surface area contributed by atoms with E-state index in [2.05, 4.69) is 6.92 Å². The molecule has 0 aromatic heterocycles. The first-order valence-electron chi connectivity index (χ1n) is 3.96. The van der Waals surface area contributed by atoms with Gasteiger partial charge >= 0.3 is 0 Å². The lowest BCUT2D eigenvalue weighted by Crippen LogP contribution is -2.05. The number of rotatable bonds is 5. The fraction of sp³-hybridized carbons (Fsp3) is 0.857. The quantitative estimate of drug-likeness (QED) is 0.447. The van der Waals surface area contributed by atoms with Gasteiger partial charge in [0.15, 0.2) is 0 Å². The molecule has 0 amide bonds. The van der Waals surface area contributed by atoms with E-state index < -0.39 is 9.76 Å².